The van der Waals surface area contributed by atoms with Crippen molar-refractivity contribution in [3.63, 3.8) is 0 Å². The molecule has 2 amide bonds. The molecule has 2 aromatic carbocycles. The van der Waals surface area contributed by atoms with Crippen LogP contribution in [0.2, 0.25) is 0 Å². The molecule has 4 nitrogen and oxygen atoms in total. The van der Waals surface area contributed by atoms with Gasteiger partial charge in [0, 0.05) is 18.7 Å². The standard InChI is InChI=1S/C21H21F3N2O2/c1-3-12-6-5-7-13(4-2)20(12)25-21(28)14-10-17(27)26(11-14)16-9-8-15(22)18(23)19(16)24/h5-9,14H,3-4,10-11H2,1-2H3,(H,25,28). The molecule has 0 saturated carbocycles. The second-order valence-corrected chi connectivity index (χ2v) is 6.75. The van der Waals surface area contributed by atoms with E-state index in [1.807, 2.05) is 32.0 Å². The zero-order valence-electron chi connectivity index (χ0n) is 15.7. The van der Waals surface area contributed by atoms with Crippen LogP contribution in [0.25, 0.3) is 0 Å². The van der Waals surface area contributed by atoms with Gasteiger partial charge in [0.1, 0.15) is 0 Å². The third-order valence-electron chi connectivity index (χ3n) is 5.05. The Morgan fingerprint density at radius 1 is 1.07 bits per heavy atom. The van der Waals surface area contributed by atoms with E-state index in [1.165, 1.54) is 0 Å². The molecule has 148 valence electrons. The first-order chi connectivity index (χ1) is 13.4. The van der Waals surface area contributed by atoms with Crippen molar-refractivity contribution in [2.24, 2.45) is 5.92 Å². The third-order valence-corrected chi connectivity index (χ3v) is 5.05. The molecule has 2 aromatic rings. The van der Waals surface area contributed by atoms with Crippen LogP contribution >= 0.6 is 0 Å². The third kappa shape index (κ3) is 3.61. The molecule has 7 heteroatoms. The Morgan fingerprint density at radius 3 is 2.32 bits per heavy atom. The molecule has 0 aromatic heterocycles. The Bertz CT molecular complexity index is 908. The number of para-hydroxylation sites is 1. The molecule has 1 aliphatic rings. The van der Waals surface area contributed by atoms with Crippen LogP contribution in [0.15, 0.2) is 30.3 Å². The second kappa shape index (κ2) is 8.04. The molecule has 0 spiro atoms. The Hall–Kier alpha value is -2.83. The molecule has 1 aliphatic heterocycles. The Kier molecular flexibility index (Phi) is 5.72. The number of nitrogens with zero attached hydrogens (tertiary/aromatic N) is 1. The molecule has 1 heterocycles. The summed E-state index contributed by atoms with van der Waals surface area (Å²) >= 11 is 0. The summed E-state index contributed by atoms with van der Waals surface area (Å²) in [5.74, 6) is -5.97. The fourth-order valence-corrected chi connectivity index (χ4v) is 3.47. The normalized spacial score (nSPS) is 16.5. The average Bonchev–Trinajstić information content (AvgIpc) is 3.08. The van der Waals surface area contributed by atoms with E-state index < -0.39 is 29.3 Å². The molecule has 1 saturated heterocycles. The van der Waals surface area contributed by atoms with Gasteiger partial charge >= 0.3 is 0 Å². The minimum absolute atomic E-state index is 0.0948. The quantitative estimate of drug-likeness (QED) is 0.777. The van der Waals surface area contributed by atoms with Gasteiger partial charge in [0.25, 0.3) is 0 Å². The van der Waals surface area contributed by atoms with Crippen molar-refractivity contribution in [3.05, 3.63) is 58.9 Å². The first kappa shape index (κ1) is 19.9. The fourth-order valence-electron chi connectivity index (χ4n) is 3.47. The lowest BCUT2D eigenvalue weighted by atomic mass is 10.0. The largest absolute Gasteiger partial charge is 0.325 e. The van der Waals surface area contributed by atoms with E-state index in [4.69, 9.17) is 0 Å². The maximum Gasteiger partial charge on any atom is 0.229 e. The Labute approximate surface area is 161 Å². The predicted octanol–water partition coefficient (Wildman–Crippen LogP) is 4.22. The van der Waals surface area contributed by atoms with Crippen LogP contribution in [0, 0.1) is 23.4 Å². The summed E-state index contributed by atoms with van der Waals surface area (Å²) in [5.41, 5.74) is 2.35. The zero-order valence-corrected chi connectivity index (χ0v) is 15.7. The summed E-state index contributed by atoms with van der Waals surface area (Å²) in [5, 5.41) is 2.90. The number of carbonyl (C=O) groups excluding carboxylic acids is 2. The number of hydrogen-bond acceptors (Lipinski definition) is 2. The van der Waals surface area contributed by atoms with Crippen LogP contribution in [-0.2, 0) is 22.4 Å². The highest BCUT2D eigenvalue weighted by Gasteiger charge is 2.37. The van der Waals surface area contributed by atoms with Crippen molar-refractivity contribution in [2.75, 3.05) is 16.8 Å². The number of nitrogens with one attached hydrogen (secondary N) is 1. The highest BCUT2D eigenvalue weighted by Crippen LogP contribution is 2.31. The summed E-state index contributed by atoms with van der Waals surface area (Å²) in [6, 6.07) is 7.56. The Balaban J connectivity index is 1.81. The van der Waals surface area contributed by atoms with Crippen LogP contribution in [0.3, 0.4) is 0 Å². The van der Waals surface area contributed by atoms with Gasteiger partial charge in [-0.05, 0) is 36.1 Å². The molecule has 28 heavy (non-hydrogen) atoms. The summed E-state index contributed by atoms with van der Waals surface area (Å²) in [4.78, 5) is 26.1. The number of carbonyl (C=O) groups is 2. The van der Waals surface area contributed by atoms with Crippen molar-refractivity contribution in [1.29, 1.82) is 0 Å². The van der Waals surface area contributed by atoms with Gasteiger partial charge in [-0.1, -0.05) is 32.0 Å². The van der Waals surface area contributed by atoms with Gasteiger partial charge in [-0.15, -0.1) is 0 Å². The summed E-state index contributed by atoms with van der Waals surface area (Å²) < 4.78 is 40.7. The second-order valence-electron chi connectivity index (χ2n) is 6.75. The van der Waals surface area contributed by atoms with E-state index >= 15 is 0 Å². The van der Waals surface area contributed by atoms with Crippen LogP contribution in [0.4, 0.5) is 24.5 Å². The maximum atomic E-state index is 14.1. The van der Waals surface area contributed by atoms with E-state index in [2.05, 4.69) is 5.32 Å². The van der Waals surface area contributed by atoms with Gasteiger partial charge in [-0.3, -0.25) is 9.59 Å². The van der Waals surface area contributed by atoms with Gasteiger partial charge < -0.3 is 10.2 Å². The first-order valence-corrected chi connectivity index (χ1v) is 9.22. The zero-order chi connectivity index (χ0) is 20.4. The van der Waals surface area contributed by atoms with E-state index in [9.17, 15) is 22.8 Å². The van der Waals surface area contributed by atoms with Crippen molar-refractivity contribution < 1.29 is 22.8 Å². The van der Waals surface area contributed by atoms with Crippen molar-refractivity contribution in [3.8, 4) is 0 Å². The van der Waals surface area contributed by atoms with Crippen molar-refractivity contribution in [1.82, 2.24) is 0 Å². The number of benzene rings is 2. The van der Waals surface area contributed by atoms with E-state index in [0.717, 1.165) is 46.7 Å². The van der Waals surface area contributed by atoms with Gasteiger partial charge in [0.15, 0.2) is 17.5 Å². The van der Waals surface area contributed by atoms with Crippen LogP contribution in [-0.4, -0.2) is 18.4 Å². The summed E-state index contributed by atoms with van der Waals surface area (Å²) in [6.45, 7) is 3.87. The predicted molar refractivity (Wildman–Crippen MR) is 101 cm³/mol. The maximum absolute atomic E-state index is 14.1. The summed E-state index contributed by atoms with van der Waals surface area (Å²) in [6.07, 6.45) is 1.35. The molecule has 0 aliphatic carbocycles. The molecular formula is C21H21F3N2O2. The van der Waals surface area contributed by atoms with Gasteiger partial charge in [-0.25, -0.2) is 13.2 Å². The fraction of sp³-hybridized carbons (Fsp3) is 0.333. The topological polar surface area (TPSA) is 49.4 Å². The van der Waals surface area contributed by atoms with E-state index in [1.54, 1.807) is 0 Å². The molecular weight excluding hydrogens is 369 g/mol. The lowest BCUT2D eigenvalue weighted by Crippen LogP contribution is -2.29. The molecule has 1 unspecified atom stereocenters. The van der Waals surface area contributed by atoms with Crippen LogP contribution < -0.4 is 10.2 Å². The molecule has 3 rings (SSSR count). The number of anilines is 2. The number of hydrogen-bond donors (Lipinski definition) is 1. The average molecular weight is 390 g/mol. The first-order valence-electron chi connectivity index (χ1n) is 9.22. The van der Waals surface area contributed by atoms with E-state index in [0.29, 0.717) is 0 Å². The monoisotopic (exact) mass is 390 g/mol. The van der Waals surface area contributed by atoms with Crippen molar-refractivity contribution in [2.45, 2.75) is 33.1 Å². The summed E-state index contributed by atoms with van der Waals surface area (Å²) in [7, 11) is 0. The number of halogens is 3. The molecule has 0 bridgehead atoms. The van der Waals surface area contributed by atoms with Crippen LogP contribution in [0.5, 0.6) is 0 Å². The lowest BCUT2D eigenvalue weighted by Gasteiger charge is -2.19. The van der Waals surface area contributed by atoms with Gasteiger partial charge in [0.05, 0.1) is 11.6 Å². The van der Waals surface area contributed by atoms with Gasteiger partial charge in [-0.2, -0.15) is 0 Å². The van der Waals surface area contributed by atoms with Crippen LogP contribution in [0.1, 0.15) is 31.4 Å². The minimum atomic E-state index is -1.64. The SMILES string of the molecule is CCc1cccc(CC)c1NC(=O)C1CC(=O)N(c2ccc(F)c(F)c2F)C1. The number of rotatable bonds is 5. The smallest absolute Gasteiger partial charge is 0.229 e. The molecule has 1 N–H and O–H groups in total. The van der Waals surface area contributed by atoms with Gasteiger partial charge in [0.2, 0.25) is 11.8 Å². The lowest BCUT2D eigenvalue weighted by molar-refractivity contribution is -0.122. The molecule has 1 fully saturated rings. The highest BCUT2D eigenvalue weighted by atomic mass is 19.2. The highest BCUT2D eigenvalue weighted by molar-refractivity contribution is 6.04. The number of aryl methyl sites for hydroxylation is 2. The van der Waals surface area contributed by atoms with E-state index in [-0.39, 0.29) is 24.6 Å². The molecule has 1 atom stereocenters. The number of amides is 2. The molecule has 0 radical (unpaired) electrons. The minimum Gasteiger partial charge on any atom is -0.325 e. The van der Waals surface area contributed by atoms with Crippen molar-refractivity contribution >= 4 is 23.2 Å². The Morgan fingerprint density at radius 2 is 1.71 bits per heavy atom.